The SMILES string of the molecule is COc1cc(C=C(C#N)C(=O)C(C)C)ccc1OCCCCCCOc1ccc(C=C(C#N)C(=O)C(C)C)cc1OC. The summed E-state index contributed by atoms with van der Waals surface area (Å²) in [5, 5.41) is 18.7. The number of hydrogen-bond acceptors (Lipinski definition) is 8. The maximum atomic E-state index is 12.2. The molecule has 0 N–H and O–H groups in total. The van der Waals surface area contributed by atoms with E-state index in [9.17, 15) is 20.1 Å². The number of hydrogen-bond donors (Lipinski definition) is 0. The molecule has 0 aromatic heterocycles. The number of nitrogens with zero attached hydrogens (tertiary/aromatic N) is 2. The van der Waals surface area contributed by atoms with Gasteiger partial charge in [0, 0.05) is 11.8 Å². The molecule has 42 heavy (non-hydrogen) atoms. The van der Waals surface area contributed by atoms with Gasteiger partial charge in [0.15, 0.2) is 34.6 Å². The van der Waals surface area contributed by atoms with Crippen molar-refractivity contribution in [3.05, 3.63) is 58.7 Å². The minimum atomic E-state index is -0.253. The van der Waals surface area contributed by atoms with Crippen molar-refractivity contribution >= 4 is 23.7 Å². The zero-order valence-corrected chi connectivity index (χ0v) is 25.4. The highest BCUT2D eigenvalue weighted by Crippen LogP contribution is 2.31. The topological polar surface area (TPSA) is 119 Å². The molecule has 0 saturated carbocycles. The van der Waals surface area contributed by atoms with Crippen LogP contribution in [-0.4, -0.2) is 39.0 Å². The first kappa shape index (κ1) is 33.6. The third kappa shape index (κ3) is 10.1. The Labute approximate surface area is 249 Å². The Hall–Kier alpha value is -4.56. The molecule has 2 aromatic rings. The number of unbranched alkanes of at least 4 members (excludes halogenated alkanes) is 3. The Morgan fingerprint density at radius 2 is 1.05 bits per heavy atom. The van der Waals surface area contributed by atoms with E-state index >= 15 is 0 Å². The van der Waals surface area contributed by atoms with Crippen LogP contribution in [0.1, 0.15) is 64.5 Å². The van der Waals surface area contributed by atoms with Crippen LogP contribution in [0.4, 0.5) is 0 Å². The molecule has 0 aliphatic carbocycles. The number of ketones is 2. The van der Waals surface area contributed by atoms with Crippen molar-refractivity contribution in [2.75, 3.05) is 27.4 Å². The summed E-state index contributed by atoms with van der Waals surface area (Å²) < 4.78 is 22.7. The standard InChI is InChI=1S/C34H40N2O6/c1-23(2)33(37)27(21-35)17-25-11-13-29(31(19-25)39-5)41-15-9-7-8-10-16-42-30-14-12-26(20-32(30)40-6)18-28(22-36)34(38)24(3)4/h11-14,17-20,23-24H,7-10,15-16H2,1-6H3. The molecule has 0 aliphatic heterocycles. The molecule has 0 saturated heterocycles. The number of methoxy groups -OCH3 is 2. The number of nitriles is 2. The molecule has 0 heterocycles. The first-order valence-corrected chi connectivity index (χ1v) is 14.1. The second kappa shape index (κ2) is 17.3. The van der Waals surface area contributed by atoms with Gasteiger partial charge in [-0.05, 0) is 73.2 Å². The molecule has 2 aromatic carbocycles. The van der Waals surface area contributed by atoms with Crippen molar-refractivity contribution in [3.8, 4) is 35.1 Å². The maximum Gasteiger partial charge on any atom is 0.175 e. The van der Waals surface area contributed by atoms with Gasteiger partial charge in [0.05, 0.1) is 38.6 Å². The fraction of sp³-hybridized carbons (Fsp3) is 0.412. The molecule has 8 heteroatoms. The first-order chi connectivity index (χ1) is 20.1. The molecule has 0 spiro atoms. The van der Waals surface area contributed by atoms with E-state index in [2.05, 4.69) is 0 Å². The minimum absolute atomic E-state index is 0.112. The van der Waals surface area contributed by atoms with Gasteiger partial charge in [0.1, 0.15) is 12.1 Å². The molecule has 0 amide bonds. The first-order valence-electron chi connectivity index (χ1n) is 14.1. The zero-order valence-electron chi connectivity index (χ0n) is 25.4. The number of ether oxygens (including phenoxy) is 4. The lowest BCUT2D eigenvalue weighted by Gasteiger charge is -2.12. The third-order valence-corrected chi connectivity index (χ3v) is 6.37. The maximum absolute atomic E-state index is 12.2. The molecule has 0 aliphatic rings. The number of allylic oxidation sites excluding steroid dienone is 2. The van der Waals surface area contributed by atoms with Crippen molar-refractivity contribution in [2.24, 2.45) is 11.8 Å². The average Bonchev–Trinajstić information content (AvgIpc) is 2.99. The lowest BCUT2D eigenvalue weighted by molar-refractivity contribution is -0.118. The third-order valence-electron chi connectivity index (χ3n) is 6.37. The molecule has 0 unspecified atom stereocenters. The number of carbonyl (C=O) groups excluding carboxylic acids is 2. The fourth-order valence-corrected chi connectivity index (χ4v) is 3.98. The molecule has 222 valence electrons. The molecule has 0 fully saturated rings. The van der Waals surface area contributed by atoms with Crippen LogP contribution in [0, 0.1) is 34.5 Å². The van der Waals surface area contributed by atoms with E-state index in [1.54, 1.807) is 90.5 Å². The second-order valence-corrected chi connectivity index (χ2v) is 10.3. The van der Waals surface area contributed by atoms with E-state index in [4.69, 9.17) is 18.9 Å². The molecular weight excluding hydrogens is 532 g/mol. The van der Waals surface area contributed by atoms with Crippen LogP contribution in [0.15, 0.2) is 47.5 Å². The van der Waals surface area contributed by atoms with Gasteiger partial charge in [-0.25, -0.2) is 0 Å². The lowest BCUT2D eigenvalue weighted by Crippen LogP contribution is -2.08. The quantitative estimate of drug-likeness (QED) is 0.113. The molecule has 2 rings (SSSR count). The van der Waals surface area contributed by atoms with Crippen molar-refractivity contribution in [1.29, 1.82) is 10.5 Å². The highest BCUT2D eigenvalue weighted by Gasteiger charge is 2.15. The van der Waals surface area contributed by atoms with Gasteiger partial charge in [-0.1, -0.05) is 39.8 Å². The summed E-state index contributed by atoms with van der Waals surface area (Å²) in [6, 6.07) is 14.6. The second-order valence-electron chi connectivity index (χ2n) is 10.3. The van der Waals surface area contributed by atoms with Gasteiger partial charge in [0.2, 0.25) is 0 Å². The van der Waals surface area contributed by atoms with Crippen LogP contribution in [0.25, 0.3) is 12.2 Å². The van der Waals surface area contributed by atoms with Crippen LogP contribution >= 0.6 is 0 Å². The number of rotatable bonds is 17. The van der Waals surface area contributed by atoms with Crippen molar-refractivity contribution in [3.63, 3.8) is 0 Å². The summed E-state index contributed by atoms with van der Waals surface area (Å²) in [5.74, 6) is 1.39. The highest BCUT2D eigenvalue weighted by molar-refractivity contribution is 6.04. The highest BCUT2D eigenvalue weighted by atomic mass is 16.5. The molecule has 0 bridgehead atoms. The van der Waals surface area contributed by atoms with Gasteiger partial charge in [-0.3, -0.25) is 9.59 Å². The Bertz CT molecular complexity index is 1270. The summed E-state index contributed by atoms with van der Waals surface area (Å²) >= 11 is 0. The van der Waals surface area contributed by atoms with E-state index in [0.29, 0.717) is 47.3 Å². The van der Waals surface area contributed by atoms with Gasteiger partial charge < -0.3 is 18.9 Å². The molecular formula is C34H40N2O6. The summed E-state index contributed by atoms with van der Waals surface area (Å²) in [7, 11) is 3.10. The average molecular weight is 573 g/mol. The van der Waals surface area contributed by atoms with E-state index in [1.807, 2.05) is 12.1 Å². The predicted octanol–water partition coefficient (Wildman–Crippen LogP) is 6.99. The molecule has 0 atom stereocenters. The van der Waals surface area contributed by atoms with Crippen LogP contribution in [0.3, 0.4) is 0 Å². The number of Topliss-reactive ketones (excluding diaryl/α,β-unsaturated/α-hetero) is 2. The summed E-state index contributed by atoms with van der Waals surface area (Å²) in [4.78, 5) is 24.4. The largest absolute Gasteiger partial charge is 0.493 e. The van der Waals surface area contributed by atoms with Gasteiger partial charge >= 0.3 is 0 Å². The number of carbonyl (C=O) groups is 2. The minimum Gasteiger partial charge on any atom is -0.493 e. The van der Waals surface area contributed by atoms with Crippen molar-refractivity contribution in [2.45, 2.75) is 53.4 Å². The summed E-state index contributed by atoms with van der Waals surface area (Å²) in [6.45, 7) is 8.10. The Balaban J connectivity index is 1.82. The predicted molar refractivity (Wildman–Crippen MR) is 162 cm³/mol. The smallest absolute Gasteiger partial charge is 0.175 e. The van der Waals surface area contributed by atoms with Gasteiger partial charge in [-0.15, -0.1) is 0 Å². The Morgan fingerprint density at radius 3 is 1.36 bits per heavy atom. The van der Waals surface area contributed by atoms with Crippen LogP contribution < -0.4 is 18.9 Å². The van der Waals surface area contributed by atoms with E-state index < -0.39 is 0 Å². The van der Waals surface area contributed by atoms with Gasteiger partial charge in [0.25, 0.3) is 0 Å². The lowest BCUT2D eigenvalue weighted by atomic mass is 10.00. The van der Waals surface area contributed by atoms with Crippen molar-refractivity contribution < 1.29 is 28.5 Å². The fourth-order valence-electron chi connectivity index (χ4n) is 3.98. The van der Waals surface area contributed by atoms with Crippen LogP contribution in [-0.2, 0) is 9.59 Å². The Morgan fingerprint density at radius 1 is 0.667 bits per heavy atom. The summed E-state index contributed by atoms with van der Waals surface area (Å²) in [5.41, 5.74) is 1.61. The van der Waals surface area contributed by atoms with Gasteiger partial charge in [-0.2, -0.15) is 10.5 Å². The monoisotopic (exact) mass is 572 g/mol. The van der Waals surface area contributed by atoms with E-state index in [1.165, 1.54) is 0 Å². The Kier molecular flexibility index (Phi) is 13.9. The normalized spacial score (nSPS) is 11.6. The zero-order chi connectivity index (χ0) is 31.1. The van der Waals surface area contributed by atoms with Crippen LogP contribution in [0.2, 0.25) is 0 Å². The van der Waals surface area contributed by atoms with E-state index in [0.717, 1.165) is 25.7 Å². The molecule has 8 nitrogen and oxygen atoms in total. The van der Waals surface area contributed by atoms with Crippen molar-refractivity contribution in [1.82, 2.24) is 0 Å². The molecule has 0 radical (unpaired) electrons. The number of benzene rings is 2. The summed E-state index contributed by atoms with van der Waals surface area (Å²) in [6.07, 6.45) is 6.75. The van der Waals surface area contributed by atoms with Crippen LogP contribution in [0.5, 0.6) is 23.0 Å². The van der Waals surface area contributed by atoms with E-state index in [-0.39, 0.29) is 34.5 Å².